The standard InChI is InChI=1S/C21H23FN4O3S/c1-14(2)25-30(28,29)16-8-6-7-15(13-16)21(27)24-19(20-23-11-12-26(20)3)17-9-4-5-10-18(17)22/h4-14,19,25H,1-3H3,(H,24,27)/t19-/m1/s1. The van der Waals surface area contributed by atoms with Crippen molar-refractivity contribution in [1.82, 2.24) is 19.6 Å². The number of nitrogens with one attached hydrogen (secondary N) is 2. The number of amides is 1. The Morgan fingerprint density at radius 1 is 1.13 bits per heavy atom. The number of carbonyl (C=O) groups is 1. The summed E-state index contributed by atoms with van der Waals surface area (Å²) in [5.74, 6) is -0.588. The lowest BCUT2D eigenvalue weighted by Gasteiger charge is -2.20. The fourth-order valence-electron chi connectivity index (χ4n) is 3.04. The van der Waals surface area contributed by atoms with Gasteiger partial charge in [0.1, 0.15) is 17.7 Å². The zero-order chi connectivity index (χ0) is 21.9. The quantitative estimate of drug-likeness (QED) is 0.603. The molecule has 1 aromatic heterocycles. The molecule has 30 heavy (non-hydrogen) atoms. The van der Waals surface area contributed by atoms with Crippen molar-refractivity contribution in [3.8, 4) is 0 Å². The second-order valence-corrected chi connectivity index (χ2v) is 8.84. The summed E-state index contributed by atoms with van der Waals surface area (Å²) in [5.41, 5.74) is 0.391. The van der Waals surface area contributed by atoms with Gasteiger partial charge in [-0.15, -0.1) is 0 Å². The third kappa shape index (κ3) is 4.74. The number of rotatable bonds is 7. The maximum atomic E-state index is 14.5. The molecule has 2 aromatic carbocycles. The zero-order valence-corrected chi connectivity index (χ0v) is 17.7. The Kier molecular flexibility index (Phi) is 6.33. The first kappa shape index (κ1) is 21.7. The molecule has 9 heteroatoms. The van der Waals surface area contributed by atoms with Gasteiger partial charge in [0.2, 0.25) is 10.0 Å². The Hall–Kier alpha value is -3.04. The maximum absolute atomic E-state index is 14.5. The van der Waals surface area contributed by atoms with Crippen molar-refractivity contribution >= 4 is 15.9 Å². The van der Waals surface area contributed by atoms with Crippen LogP contribution in [0.1, 0.15) is 41.6 Å². The molecule has 0 unspecified atom stereocenters. The number of hydrogen-bond acceptors (Lipinski definition) is 4. The Bertz CT molecular complexity index is 1160. The molecule has 0 spiro atoms. The van der Waals surface area contributed by atoms with Gasteiger partial charge < -0.3 is 9.88 Å². The average Bonchev–Trinajstić information content (AvgIpc) is 3.11. The van der Waals surface area contributed by atoms with Crippen LogP contribution in [0.2, 0.25) is 0 Å². The van der Waals surface area contributed by atoms with E-state index in [4.69, 9.17) is 0 Å². The summed E-state index contributed by atoms with van der Waals surface area (Å²) in [5, 5.41) is 2.78. The normalized spacial score (nSPS) is 12.7. The molecule has 0 saturated heterocycles. The second kappa shape index (κ2) is 8.76. The largest absolute Gasteiger partial charge is 0.338 e. The van der Waals surface area contributed by atoms with E-state index in [0.29, 0.717) is 5.82 Å². The minimum atomic E-state index is -3.76. The molecule has 0 saturated carbocycles. The molecule has 0 bridgehead atoms. The van der Waals surface area contributed by atoms with E-state index in [2.05, 4.69) is 15.0 Å². The van der Waals surface area contributed by atoms with Crippen LogP contribution in [0.25, 0.3) is 0 Å². The number of sulfonamides is 1. The minimum Gasteiger partial charge on any atom is -0.338 e. The van der Waals surface area contributed by atoms with E-state index in [-0.39, 0.29) is 22.1 Å². The monoisotopic (exact) mass is 430 g/mol. The van der Waals surface area contributed by atoms with Crippen LogP contribution in [0.4, 0.5) is 4.39 Å². The van der Waals surface area contributed by atoms with Crippen LogP contribution in [0.5, 0.6) is 0 Å². The molecular formula is C21H23FN4O3S. The van der Waals surface area contributed by atoms with Gasteiger partial charge in [-0.05, 0) is 38.1 Å². The van der Waals surface area contributed by atoms with Gasteiger partial charge in [-0.25, -0.2) is 22.5 Å². The predicted octanol–water partition coefficient (Wildman–Crippen LogP) is 2.77. The van der Waals surface area contributed by atoms with E-state index in [0.717, 1.165) is 0 Å². The van der Waals surface area contributed by atoms with Crippen LogP contribution in [0.15, 0.2) is 65.8 Å². The van der Waals surface area contributed by atoms with Crippen LogP contribution >= 0.6 is 0 Å². The number of benzene rings is 2. The first-order valence-electron chi connectivity index (χ1n) is 9.34. The SMILES string of the molecule is CC(C)NS(=O)(=O)c1cccc(C(=O)N[C@H](c2ccccc2F)c2nccn2C)c1. The highest BCUT2D eigenvalue weighted by molar-refractivity contribution is 7.89. The zero-order valence-electron chi connectivity index (χ0n) is 16.8. The molecule has 3 aromatic rings. The molecule has 1 atom stereocenters. The van der Waals surface area contributed by atoms with Gasteiger partial charge in [0.25, 0.3) is 5.91 Å². The van der Waals surface area contributed by atoms with Gasteiger partial charge in [0, 0.05) is 36.6 Å². The molecule has 0 radical (unpaired) electrons. The molecule has 2 N–H and O–H groups in total. The second-order valence-electron chi connectivity index (χ2n) is 7.13. The van der Waals surface area contributed by atoms with E-state index in [1.165, 1.54) is 30.3 Å². The number of carbonyl (C=O) groups excluding carboxylic acids is 1. The summed E-state index contributed by atoms with van der Waals surface area (Å²) < 4.78 is 43.5. The molecule has 1 heterocycles. The number of aromatic nitrogens is 2. The van der Waals surface area contributed by atoms with Crippen molar-refractivity contribution in [3.63, 3.8) is 0 Å². The number of halogens is 1. The van der Waals surface area contributed by atoms with Gasteiger partial charge in [-0.2, -0.15) is 0 Å². The maximum Gasteiger partial charge on any atom is 0.252 e. The van der Waals surface area contributed by atoms with E-state index < -0.39 is 27.8 Å². The molecule has 3 rings (SSSR count). The highest BCUT2D eigenvalue weighted by Gasteiger charge is 2.25. The lowest BCUT2D eigenvalue weighted by Crippen LogP contribution is -2.32. The Labute approximate surface area is 175 Å². The van der Waals surface area contributed by atoms with E-state index >= 15 is 0 Å². The topological polar surface area (TPSA) is 93.1 Å². The van der Waals surface area contributed by atoms with Gasteiger partial charge in [-0.1, -0.05) is 24.3 Å². The fraction of sp³-hybridized carbons (Fsp3) is 0.238. The number of nitrogens with zero attached hydrogens (tertiary/aromatic N) is 2. The van der Waals surface area contributed by atoms with Crippen LogP contribution in [-0.4, -0.2) is 29.9 Å². The van der Waals surface area contributed by atoms with Crippen LogP contribution in [0, 0.1) is 5.82 Å². The highest BCUT2D eigenvalue weighted by atomic mass is 32.2. The van der Waals surface area contributed by atoms with Gasteiger partial charge in [0.05, 0.1) is 4.90 Å². The molecule has 0 aliphatic carbocycles. The predicted molar refractivity (Wildman–Crippen MR) is 111 cm³/mol. The fourth-order valence-corrected chi connectivity index (χ4v) is 4.34. The molecule has 0 aliphatic heterocycles. The first-order chi connectivity index (χ1) is 14.2. The molecular weight excluding hydrogens is 407 g/mol. The highest BCUT2D eigenvalue weighted by Crippen LogP contribution is 2.24. The van der Waals surface area contributed by atoms with Crippen molar-refractivity contribution in [3.05, 3.63) is 83.7 Å². The van der Waals surface area contributed by atoms with Crippen molar-refractivity contribution in [2.24, 2.45) is 7.05 Å². The van der Waals surface area contributed by atoms with Crippen LogP contribution < -0.4 is 10.0 Å². The number of aryl methyl sites for hydroxylation is 1. The third-order valence-corrected chi connectivity index (χ3v) is 6.06. The van der Waals surface area contributed by atoms with Crippen LogP contribution in [0.3, 0.4) is 0 Å². The molecule has 0 aliphatic rings. The molecule has 7 nitrogen and oxygen atoms in total. The number of imidazole rings is 1. The van der Waals surface area contributed by atoms with Gasteiger partial charge >= 0.3 is 0 Å². The molecule has 158 valence electrons. The smallest absolute Gasteiger partial charge is 0.252 e. The average molecular weight is 431 g/mol. The third-order valence-electron chi connectivity index (χ3n) is 4.41. The van der Waals surface area contributed by atoms with Gasteiger partial charge in [0.15, 0.2) is 0 Å². The van der Waals surface area contributed by atoms with Gasteiger partial charge in [-0.3, -0.25) is 4.79 Å². The summed E-state index contributed by atoms with van der Waals surface area (Å²) >= 11 is 0. The van der Waals surface area contributed by atoms with E-state index in [1.807, 2.05) is 0 Å². The van der Waals surface area contributed by atoms with Crippen molar-refractivity contribution in [2.75, 3.05) is 0 Å². The molecule has 1 amide bonds. The molecule has 0 fully saturated rings. The van der Waals surface area contributed by atoms with Crippen LogP contribution in [-0.2, 0) is 17.1 Å². The summed E-state index contributed by atoms with van der Waals surface area (Å²) in [6.45, 7) is 3.42. The van der Waals surface area contributed by atoms with Crippen molar-refractivity contribution in [2.45, 2.75) is 30.8 Å². The Balaban J connectivity index is 1.95. The lowest BCUT2D eigenvalue weighted by atomic mass is 10.0. The van der Waals surface area contributed by atoms with Crippen molar-refractivity contribution in [1.29, 1.82) is 0 Å². The first-order valence-corrected chi connectivity index (χ1v) is 10.8. The summed E-state index contributed by atoms with van der Waals surface area (Å²) in [6.07, 6.45) is 3.25. The van der Waals surface area contributed by atoms with E-state index in [9.17, 15) is 17.6 Å². The van der Waals surface area contributed by atoms with E-state index in [1.54, 1.807) is 56.1 Å². The minimum absolute atomic E-state index is 0.0247. The summed E-state index contributed by atoms with van der Waals surface area (Å²) in [4.78, 5) is 17.2. The lowest BCUT2D eigenvalue weighted by molar-refractivity contribution is 0.0940. The Morgan fingerprint density at radius 2 is 1.87 bits per heavy atom. The van der Waals surface area contributed by atoms with Crippen molar-refractivity contribution < 1.29 is 17.6 Å². The Morgan fingerprint density at radius 3 is 2.50 bits per heavy atom. The summed E-state index contributed by atoms with van der Waals surface area (Å²) in [7, 11) is -2.02. The summed E-state index contributed by atoms with van der Waals surface area (Å²) in [6, 6.07) is 10.7. The number of hydrogen-bond donors (Lipinski definition) is 2.